The van der Waals surface area contributed by atoms with Crippen LogP contribution < -0.4 is 10.1 Å². The zero-order valence-corrected chi connectivity index (χ0v) is 13.7. The third-order valence-electron chi connectivity index (χ3n) is 3.41. The van der Waals surface area contributed by atoms with Crippen molar-refractivity contribution >= 4 is 23.3 Å². The highest BCUT2D eigenvalue weighted by Crippen LogP contribution is 2.20. The molecule has 2 unspecified atom stereocenters. The first kappa shape index (κ1) is 16.4. The summed E-state index contributed by atoms with van der Waals surface area (Å²) < 4.78 is 7.40. The minimum absolute atomic E-state index is 0.217. The van der Waals surface area contributed by atoms with Gasteiger partial charge in [0.15, 0.2) is 6.10 Å². The Bertz CT molecular complexity index is 642. The summed E-state index contributed by atoms with van der Waals surface area (Å²) in [5.74, 6) is 0.997. The molecule has 1 heterocycles. The van der Waals surface area contributed by atoms with E-state index >= 15 is 0 Å². The van der Waals surface area contributed by atoms with E-state index in [-0.39, 0.29) is 11.9 Å². The molecule has 1 aromatic heterocycles. The summed E-state index contributed by atoms with van der Waals surface area (Å²) in [4.78, 5) is 12.3. The van der Waals surface area contributed by atoms with E-state index in [4.69, 9.17) is 16.3 Å². The zero-order chi connectivity index (χ0) is 16.1. The number of nitrogens with one attached hydrogen (secondary N) is 1. The number of halogens is 1. The molecule has 0 saturated heterocycles. The molecule has 118 valence electrons. The zero-order valence-electron chi connectivity index (χ0n) is 12.9. The maximum absolute atomic E-state index is 12.3. The lowest BCUT2D eigenvalue weighted by Crippen LogP contribution is -2.31. The van der Waals surface area contributed by atoms with Crippen LogP contribution >= 0.6 is 11.6 Å². The number of hydrogen-bond donors (Lipinski definition) is 1. The van der Waals surface area contributed by atoms with Crippen LogP contribution in [0.15, 0.2) is 36.5 Å². The molecule has 0 aliphatic heterocycles. The molecule has 0 saturated carbocycles. The van der Waals surface area contributed by atoms with E-state index in [1.54, 1.807) is 48.1 Å². The van der Waals surface area contributed by atoms with Crippen molar-refractivity contribution in [1.82, 2.24) is 9.78 Å². The molecule has 22 heavy (non-hydrogen) atoms. The summed E-state index contributed by atoms with van der Waals surface area (Å²) in [7, 11) is 0. The molecule has 2 atom stereocenters. The van der Waals surface area contributed by atoms with Crippen molar-refractivity contribution in [3.05, 3.63) is 41.6 Å². The minimum Gasteiger partial charge on any atom is -0.481 e. The van der Waals surface area contributed by atoms with Gasteiger partial charge in [0.1, 0.15) is 11.6 Å². The Labute approximate surface area is 135 Å². The molecule has 0 spiro atoms. The average Bonchev–Trinajstić information content (AvgIpc) is 2.94. The van der Waals surface area contributed by atoms with Gasteiger partial charge in [0, 0.05) is 11.1 Å². The van der Waals surface area contributed by atoms with Crippen LogP contribution in [0.1, 0.15) is 33.2 Å². The van der Waals surface area contributed by atoms with Crippen LogP contribution in [0.25, 0.3) is 0 Å². The predicted octanol–water partition coefficient (Wildman–Crippen LogP) is 3.91. The summed E-state index contributed by atoms with van der Waals surface area (Å²) >= 11 is 5.90. The third kappa shape index (κ3) is 4.01. The summed E-state index contributed by atoms with van der Waals surface area (Å²) in [6.45, 7) is 5.82. The first-order chi connectivity index (χ1) is 10.5. The number of rotatable bonds is 6. The lowest BCUT2D eigenvalue weighted by atomic mass is 10.3. The number of carbonyl (C=O) groups excluding carboxylic acids is 1. The highest BCUT2D eigenvalue weighted by atomic mass is 35.5. The number of hydrogen-bond acceptors (Lipinski definition) is 3. The van der Waals surface area contributed by atoms with Gasteiger partial charge in [-0.05, 0) is 38.5 Å². The van der Waals surface area contributed by atoms with Crippen LogP contribution in [0.4, 0.5) is 5.82 Å². The number of ether oxygens (including phenoxy) is 1. The third-order valence-corrected chi connectivity index (χ3v) is 3.64. The minimum atomic E-state index is -0.640. The van der Waals surface area contributed by atoms with Crippen LogP contribution in [0.2, 0.25) is 5.02 Å². The van der Waals surface area contributed by atoms with Crippen molar-refractivity contribution in [2.45, 2.75) is 39.3 Å². The molecular weight excluding hydrogens is 302 g/mol. The molecule has 0 fully saturated rings. The van der Waals surface area contributed by atoms with Gasteiger partial charge in [0.2, 0.25) is 0 Å². The number of nitrogens with zero attached hydrogens (tertiary/aromatic N) is 2. The monoisotopic (exact) mass is 321 g/mol. The van der Waals surface area contributed by atoms with Crippen LogP contribution in [-0.2, 0) is 4.79 Å². The van der Waals surface area contributed by atoms with Crippen LogP contribution in [-0.4, -0.2) is 21.8 Å². The fourth-order valence-electron chi connectivity index (χ4n) is 1.96. The number of benzene rings is 1. The van der Waals surface area contributed by atoms with E-state index in [2.05, 4.69) is 24.3 Å². The van der Waals surface area contributed by atoms with E-state index < -0.39 is 6.10 Å². The summed E-state index contributed by atoms with van der Waals surface area (Å²) in [5.41, 5.74) is 0. The molecular formula is C16H20ClN3O2. The Morgan fingerprint density at radius 3 is 2.86 bits per heavy atom. The number of anilines is 1. The number of aromatic nitrogens is 2. The maximum Gasteiger partial charge on any atom is 0.266 e. The molecule has 2 rings (SSSR count). The first-order valence-electron chi connectivity index (χ1n) is 7.28. The fraction of sp³-hybridized carbons (Fsp3) is 0.375. The van der Waals surface area contributed by atoms with Crippen molar-refractivity contribution in [3.8, 4) is 5.75 Å². The van der Waals surface area contributed by atoms with Crippen molar-refractivity contribution < 1.29 is 9.53 Å². The Hall–Kier alpha value is -2.01. The van der Waals surface area contributed by atoms with Gasteiger partial charge in [-0.25, -0.2) is 4.68 Å². The van der Waals surface area contributed by atoms with Gasteiger partial charge in [-0.3, -0.25) is 4.79 Å². The second-order valence-electron chi connectivity index (χ2n) is 5.12. The second-order valence-corrected chi connectivity index (χ2v) is 5.56. The molecule has 0 radical (unpaired) electrons. The number of carbonyl (C=O) groups is 1. The van der Waals surface area contributed by atoms with Crippen LogP contribution in [0.5, 0.6) is 5.75 Å². The molecule has 1 amide bonds. The maximum atomic E-state index is 12.3. The summed E-state index contributed by atoms with van der Waals surface area (Å²) in [6.07, 6.45) is 1.96. The fourth-order valence-corrected chi connectivity index (χ4v) is 2.14. The molecule has 6 heteroatoms. The van der Waals surface area contributed by atoms with Crippen molar-refractivity contribution in [2.75, 3.05) is 5.32 Å². The van der Waals surface area contributed by atoms with Gasteiger partial charge < -0.3 is 10.1 Å². The summed E-state index contributed by atoms with van der Waals surface area (Å²) in [5, 5.41) is 7.65. The quantitative estimate of drug-likeness (QED) is 0.877. The molecule has 0 aliphatic rings. The molecule has 1 N–H and O–H groups in total. The van der Waals surface area contributed by atoms with Gasteiger partial charge in [-0.15, -0.1) is 0 Å². The van der Waals surface area contributed by atoms with Gasteiger partial charge in [0.25, 0.3) is 5.91 Å². The molecule has 0 aliphatic carbocycles. The topological polar surface area (TPSA) is 56.2 Å². The lowest BCUT2D eigenvalue weighted by molar-refractivity contribution is -0.122. The molecule has 0 bridgehead atoms. The van der Waals surface area contributed by atoms with E-state index in [0.29, 0.717) is 16.6 Å². The lowest BCUT2D eigenvalue weighted by Gasteiger charge is -2.17. The van der Waals surface area contributed by atoms with Crippen molar-refractivity contribution in [3.63, 3.8) is 0 Å². The molecule has 5 nitrogen and oxygen atoms in total. The Morgan fingerprint density at radius 2 is 2.18 bits per heavy atom. The SMILES string of the molecule is CCC(C)n1nccc1NC(=O)C(C)Oc1cccc(Cl)c1. The Kier molecular flexibility index (Phi) is 5.44. The van der Waals surface area contributed by atoms with E-state index in [1.807, 2.05) is 0 Å². The van der Waals surface area contributed by atoms with Crippen molar-refractivity contribution in [1.29, 1.82) is 0 Å². The Morgan fingerprint density at radius 1 is 1.41 bits per heavy atom. The molecule has 1 aromatic carbocycles. The standard InChI is InChI=1S/C16H20ClN3O2/c1-4-11(2)20-15(8-9-18-20)19-16(21)12(3)22-14-7-5-6-13(17)10-14/h5-12H,4H2,1-3H3,(H,19,21). The van der Waals surface area contributed by atoms with E-state index in [1.165, 1.54) is 0 Å². The normalized spacial score (nSPS) is 13.5. The summed E-state index contributed by atoms with van der Waals surface area (Å²) in [6, 6.07) is 8.96. The van der Waals surface area contributed by atoms with Gasteiger partial charge in [-0.2, -0.15) is 5.10 Å². The smallest absolute Gasteiger partial charge is 0.266 e. The number of amides is 1. The van der Waals surface area contributed by atoms with Gasteiger partial charge in [-0.1, -0.05) is 24.6 Å². The van der Waals surface area contributed by atoms with E-state index in [9.17, 15) is 4.79 Å². The molecule has 2 aromatic rings. The highest BCUT2D eigenvalue weighted by molar-refractivity contribution is 6.30. The first-order valence-corrected chi connectivity index (χ1v) is 7.65. The van der Waals surface area contributed by atoms with Crippen LogP contribution in [0.3, 0.4) is 0 Å². The highest BCUT2D eigenvalue weighted by Gasteiger charge is 2.18. The average molecular weight is 322 g/mol. The van der Waals surface area contributed by atoms with Gasteiger partial charge >= 0.3 is 0 Å². The van der Waals surface area contributed by atoms with Crippen LogP contribution in [0, 0.1) is 0 Å². The largest absolute Gasteiger partial charge is 0.481 e. The Balaban J connectivity index is 2.01. The second kappa shape index (κ2) is 7.31. The predicted molar refractivity (Wildman–Crippen MR) is 87.4 cm³/mol. The van der Waals surface area contributed by atoms with Crippen molar-refractivity contribution in [2.24, 2.45) is 0 Å². The van der Waals surface area contributed by atoms with Gasteiger partial charge in [0.05, 0.1) is 12.2 Å². The van der Waals surface area contributed by atoms with E-state index in [0.717, 1.165) is 6.42 Å².